The number of hydrogen-bond donors (Lipinski definition) is 2. The lowest BCUT2D eigenvalue weighted by molar-refractivity contribution is -0.123. The van der Waals surface area contributed by atoms with Crippen LogP contribution in [0.25, 0.3) is 6.08 Å². The van der Waals surface area contributed by atoms with Crippen LogP contribution in [0.3, 0.4) is 0 Å². The third-order valence-electron chi connectivity index (χ3n) is 2.61. The van der Waals surface area contributed by atoms with Crippen molar-refractivity contribution in [3.05, 3.63) is 35.4 Å². The minimum Gasteiger partial charge on any atom is -0.494 e. The van der Waals surface area contributed by atoms with Crippen molar-refractivity contribution in [2.24, 2.45) is 0 Å². The molecule has 1 heterocycles. The van der Waals surface area contributed by atoms with Crippen LogP contribution in [0.15, 0.2) is 29.8 Å². The molecule has 2 N–H and O–H groups in total. The van der Waals surface area contributed by atoms with E-state index in [1.807, 2.05) is 6.92 Å². The summed E-state index contributed by atoms with van der Waals surface area (Å²) in [5.74, 6) is -0.233. The summed E-state index contributed by atoms with van der Waals surface area (Å²) in [6.45, 7) is 2.69. The third kappa shape index (κ3) is 3.42. The Kier molecular flexibility index (Phi) is 4.47. The van der Waals surface area contributed by atoms with E-state index < -0.39 is 11.8 Å². The molecule has 20 heavy (non-hydrogen) atoms. The minimum absolute atomic E-state index is 0.0282. The maximum absolute atomic E-state index is 11.7. The van der Waals surface area contributed by atoms with Crippen LogP contribution in [0, 0.1) is 0 Å². The first-order valence-corrected chi connectivity index (χ1v) is 6.62. The number of nitrogens with one attached hydrogen (secondary N) is 2. The highest BCUT2D eigenvalue weighted by Crippen LogP contribution is 2.15. The van der Waals surface area contributed by atoms with Gasteiger partial charge in [-0.3, -0.25) is 20.2 Å². The Morgan fingerprint density at radius 3 is 2.30 bits per heavy atom. The molecule has 0 bridgehead atoms. The predicted molar refractivity (Wildman–Crippen MR) is 79.1 cm³/mol. The SMILES string of the molecule is CCCOc1ccc(C=C2C(=O)NC(=S)NC2=O)cc1. The first-order chi connectivity index (χ1) is 9.60. The van der Waals surface area contributed by atoms with Crippen molar-refractivity contribution in [3.63, 3.8) is 0 Å². The van der Waals surface area contributed by atoms with Crippen molar-refractivity contribution in [2.45, 2.75) is 13.3 Å². The highest BCUT2D eigenvalue weighted by atomic mass is 32.1. The topological polar surface area (TPSA) is 67.4 Å². The van der Waals surface area contributed by atoms with Gasteiger partial charge in [0, 0.05) is 0 Å². The fourth-order valence-electron chi connectivity index (χ4n) is 1.65. The molecule has 2 amide bonds. The van der Waals surface area contributed by atoms with Crippen LogP contribution in [-0.2, 0) is 9.59 Å². The molecule has 0 spiro atoms. The molecular weight excluding hydrogens is 276 g/mol. The fourth-order valence-corrected chi connectivity index (χ4v) is 1.84. The monoisotopic (exact) mass is 290 g/mol. The molecule has 104 valence electrons. The molecule has 0 saturated carbocycles. The molecule has 0 aromatic heterocycles. The highest BCUT2D eigenvalue weighted by Gasteiger charge is 2.25. The van der Waals surface area contributed by atoms with E-state index >= 15 is 0 Å². The summed E-state index contributed by atoms with van der Waals surface area (Å²) in [7, 11) is 0. The van der Waals surface area contributed by atoms with Gasteiger partial charge in [-0.25, -0.2) is 0 Å². The maximum atomic E-state index is 11.7. The number of carbonyl (C=O) groups is 2. The lowest BCUT2D eigenvalue weighted by atomic mass is 10.1. The molecule has 1 fully saturated rings. The average molecular weight is 290 g/mol. The Bertz CT molecular complexity index is 557. The minimum atomic E-state index is -0.495. The van der Waals surface area contributed by atoms with Crippen molar-refractivity contribution < 1.29 is 14.3 Å². The molecule has 1 aliphatic heterocycles. The van der Waals surface area contributed by atoms with Crippen molar-refractivity contribution in [1.82, 2.24) is 10.6 Å². The number of thiocarbonyl (C=S) groups is 1. The molecule has 1 saturated heterocycles. The van der Waals surface area contributed by atoms with E-state index in [1.165, 1.54) is 6.08 Å². The summed E-state index contributed by atoms with van der Waals surface area (Å²) < 4.78 is 5.46. The van der Waals surface area contributed by atoms with Gasteiger partial charge in [0.2, 0.25) is 0 Å². The van der Waals surface area contributed by atoms with Crippen LogP contribution in [0.1, 0.15) is 18.9 Å². The Labute approximate surface area is 122 Å². The van der Waals surface area contributed by atoms with Gasteiger partial charge in [-0.1, -0.05) is 19.1 Å². The van der Waals surface area contributed by atoms with Crippen LogP contribution in [0.4, 0.5) is 0 Å². The number of benzene rings is 1. The van der Waals surface area contributed by atoms with Crippen LogP contribution in [0.2, 0.25) is 0 Å². The van der Waals surface area contributed by atoms with Crippen molar-refractivity contribution in [2.75, 3.05) is 6.61 Å². The largest absolute Gasteiger partial charge is 0.494 e. The zero-order chi connectivity index (χ0) is 14.5. The zero-order valence-corrected chi connectivity index (χ0v) is 11.8. The van der Waals surface area contributed by atoms with Gasteiger partial charge in [0.05, 0.1) is 6.61 Å². The second-order valence-corrected chi connectivity index (χ2v) is 4.62. The molecule has 1 aromatic carbocycles. The van der Waals surface area contributed by atoms with Crippen molar-refractivity contribution in [3.8, 4) is 5.75 Å². The molecule has 2 rings (SSSR count). The lowest BCUT2D eigenvalue weighted by Crippen LogP contribution is -2.51. The first-order valence-electron chi connectivity index (χ1n) is 6.21. The predicted octanol–water partition coefficient (Wildman–Crippen LogP) is 1.39. The van der Waals surface area contributed by atoms with Crippen LogP contribution in [-0.4, -0.2) is 23.5 Å². The van der Waals surface area contributed by atoms with Gasteiger partial charge >= 0.3 is 0 Å². The highest BCUT2D eigenvalue weighted by molar-refractivity contribution is 7.80. The molecule has 0 unspecified atom stereocenters. The summed E-state index contributed by atoms with van der Waals surface area (Å²) in [4.78, 5) is 23.4. The van der Waals surface area contributed by atoms with Gasteiger partial charge in [0.1, 0.15) is 11.3 Å². The van der Waals surface area contributed by atoms with Crippen LogP contribution in [0.5, 0.6) is 5.75 Å². The Balaban J connectivity index is 2.15. The number of ether oxygens (including phenoxy) is 1. The van der Waals surface area contributed by atoms with Crippen molar-refractivity contribution >= 4 is 35.2 Å². The van der Waals surface area contributed by atoms with Gasteiger partial charge in [-0.2, -0.15) is 0 Å². The van der Waals surface area contributed by atoms with Gasteiger partial charge in [0.25, 0.3) is 11.8 Å². The summed E-state index contributed by atoms with van der Waals surface area (Å²) in [6, 6.07) is 7.16. The molecule has 0 radical (unpaired) electrons. The van der Waals surface area contributed by atoms with Gasteiger partial charge in [-0.05, 0) is 42.4 Å². The number of hydrogen-bond acceptors (Lipinski definition) is 4. The van der Waals surface area contributed by atoms with E-state index in [1.54, 1.807) is 24.3 Å². The average Bonchev–Trinajstić information content (AvgIpc) is 2.42. The van der Waals surface area contributed by atoms with E-state index in [0.29, 0.717) is 6.61 Å². The number of amides is 2. The summed E-state index contributed by atoms with van der Waals surface area (Å²) in [6.07, 6.45) is 2.45. The summed E-state index contributed by atoms with van der Waals surface area (Å²) >= 11 is 4.73. The van der Waals surface area contributed by atoms with E-state index in [4.69, 9.17) is 17.0 Å². The quantitative estimate of drug-likeness (QED) is 0.499. The molecule has 1 aliphatic rings. The smallest absolute Gasteiger partial charge is 0.263 e. The Hall–Kier alpha value is -2.21. The number of rotatable bonds is 4. The molecule has 0 aliphatic carbocycles. The maximum Gasteiger partial charge on any atom is 0.263 e. The second-order valence-electron chi connectivity index (χ2n) is 4.21. The lowest BCUT2D eigenvalue weighted by Gasteiger charge is -2.16. The Morgan fingerprint density at radius 1 is 1.15 bits per heavy atom. The molecular formula is C14H14N2O3S. The molecule has 5 nitrogen and oxygen atoms in total. The molecule has 6 heteroatoms. The van der Waals surface area contributed by atoms with Crippen LogP contribution >= 0.6 is 12.2 Å². The molecule has 0 atom stereocenters. The summed E-state index contributed by atoms with van der Waals surface area (Å²) in [5, 5.41) is 4.80. The van der Waals surface area contributed by atoms with E-state index in [0.717, 1.165) is 17.7 Å². The third-order valence-corrected chi connectivity index (χ3v) is 2.81. The van der Waals surface area contributed by atoms with E-state index in [-0.39, 0.29) is 10.7 Å². The van der Waals surface area contributed by atoms with E-state index in [2.05, 4.69) is 10.6 Å². The van der Waals surface area contributed by atoms with Gasteiger partial charge < -0.3 is 4.74 Å². The van der Waals surface area contributed by atoms with Crippen molar-refractivity contribution in [1.29, 1.82) is 0 Å². The molecule has 1 aromatic rings. The standard InChI is InChI=1S/C14H14N2O3S/c1-2-7-19-10-5-3-9(4-6-10)8-11-12(17)15-14(20)16-13(11)18/h3-6,8H,2,7H2,1H3,(H2,15,16,17,18,20). The van der Waals surface area contributed by atoms with Crippen LogP contribution < -0.4 is 15.4 Å². The number of carbonyl (C=O) groups excluding carboxylic acids is 2. The zero-order valence-electron chi connectivity index (χ0n) is 10.9. The second kappa shape index (κ2) is 6.29. The van der Waals surface area contributed by atoms with Gasteiger partial charge in [0.15, 0.2) is 5.11 Å². The van der Waals surface area contributed by atoms with E-state index in [9.17, 15) is 9.59 Å². The van der Waals surface area contributed by atoms with Gasteiger partial charge in [-0.15, -0.1) is 0 Å². The fraction of sp³-hybridized carbons (Fsp3) is 0.214. The Morgan fingerprint density at radius 2 is 1.75 bits per heavy atom. The normalized spacial score (nSPS) is 14.7. The first kappa shape index (κ1) is 14.2. The summed E-state index contributed by atoms with van der Waals surface area (Å²) in [5.41, 5.74) is 0.766.